The van der Waals surface area contributed by atoms with Crippen LogP contribution in [0.25, 0.3) is 11.6 Å². The number of aromatic amines is 1. The fraction of sp³-hybridized carbons (Fsp3) is 0.235. The van der Waals surface area contributed by atoms with Crippen LogP contribution >= 0.6 is 7.75 Å². The highest BCUT2D eigenvalue weighted by molar-refractivity contribution is 7.57. The van der Waals surface area contributed by atoms with Crippen molar-refractivity contribution < 1.29 is 18.4 Å². The predicted octanol–water partition coefficient (Wildman–Crippen LogP) is 3.92. The maximum absolute atomic E-state index is 13.0. The number of rotatable bonds is 4. The van der Waals surface area contributed by atoms with E-state index in [1.54, 1.807) is 18.2 Å². The van der Waals surface area contributed by atoms with Gasteiger partial charge in [0.25, 0.3) is 5.91 Å². The van der Waals surface area contributed by atoms with E-state index in [1.807, 2.05) is 32.0 Å². The molecule has 24 heavy (non-hydrogen) atoms. The van der Waals surface area contributed by atoms with Gasteiger partial charge in [-0.2, -0.15) is 0 Å². The van der Waals surface area contributed by atoms with Gasteiger partial charge in [0.05, 0.1) is 11.3 Å². The number of aromatic nitrogens is 1. The second-order valence-corrected chi connectivity index (χ2v) is 7.64. The number of nitrogens with one attached hydrogen (secondary N) is 1. The van der Waals surface area contributed by atoms with Gasteiger partial charge in [0, 0.05) is 31.2 Å². The zero-order valence-corrected chi connectivity index (χ0v) is 14.9. The Balaban J connectivity index is 2.19. The second-order valence-electron chi connectivity index (χ2n) is 5.57. The van der Waals surface area contributed by atoms with E-state index in [-0.39, 0.29) is 0 Å². The van der Waals surface area contributed by atoms with Crippen molar-refractivity contribution in [1.29, 1.82) is 0 Å². The molecule has 1 aromatic carbocycles. The second kappa shape index (κ2) is 6.06. The van der Waals surface area contributed by atoms with Crippen LogP contribution in [0.3, 0.4) is 0 Å². The van der Waals surface area contributed by atoms with Crippen molar-refractivity contribution in [1.82, 2.24) is 4.98 Å². The van der Waals surface area contributed by atoms with Crippen molar-refractivity contribution in [3.63, 3.8) is 0 Å². The SMILES string of the molecule is COP(=O)(OC)N1C(=O)C(=Cc2[nH]c(C)cc2C)c2ccccc21. The predicted molar refractivity (Wildman–Crippen MR) is 93.7 cm³/mol. The van der Waals surface area contributed by atoms with Crippen molar-refractivity contribution in [2.45, 2.75) is 13.8 Å². The molecule has 0 fully saturated rings. The summed E-state index contributed by atoms with van der Waals surface area (Å²) in [6.45, 7) is 3.92. The van der Waals surface area contributed by atoms with Crippen molar-refractivity contribution in [2.24, 2.45) is 0 Å². The van der Waals surface area contributed by atoms with Crippen LogP contribution in [-0.4, -0.2) is 25.1 Å². The van der Waals surface area contributed by atoms with E-state index in [2.05, 4.69) is 4.98 Å². The van der Waals surface area contributed by atoms with Crippen LogP contribution in [0.1, 0.15) is 22.5 Å². The van der Waals surface area contributed by atoms with Crippen LogP contribution in [-0.2, 0) is 18.4 Å². The summed E-state index contributed by atoms with van der Waals surface area (Å²) < 4.78 is 24.0. The number of nitrogens with zero attached hydrogens (tertiary/aromatic N) is 1. The minimum atomic E-state index is -3.73. The molecule has 1 aliphatic heterocycles. The molecular formula is C17H19N2O4P. The molecule has 3 rings (SSSR count). The fourth-order valence-corrected chi connectivity index (χ4v) is 4.13. The van der Waals surface area contributed by atoms with Gasteiger partial charge in [0.2, 0.25) is 0 Å². The molecule has 0 bridgehead atoms. The molecule has 1 N–H and O–H groups in total. The molecule has 0 unspecified atom stereocenters. The summed E-state index contributed by atoms with van der Waals surface area (Å²) in [6.07, 6.45) is 1.78. The Labute approximate surface area is 140 Å². The lowest BCUT2D eigenvalue weighted by Gasteiger charge is -2.24. The molecule has 1 aliphatic rings. The third-order valence-corrected chi connectivity index (χ3v) is 5.84. The van der Waals surface area contributed by atoms with Crippen molar-refractivity contribution in [3.05, 3.63) is 52.8 Å². The van der Waals surface area contributed by atoms with Crippen LogP contribution in [0, 0.1) is 13.8 Å². The van der Waals surface area contributed by atoms with Crippen LogP contribution in [0.15, 0.2) is 30.3 Å². The molecule has 0 aliphatic carbocycles. The van der Waals surface area contributed by atoms with Crippen LogP contribution in [0.4, 0.5) is 5.69 Å². The molecular weight excluding hydrogens is 327 g/mol. The minimum Gasteiger partial charge on any atom is -0.359 e. The third kappa shape index (κ3) is 2.53. The molecule has 1 aromatic heterocycles. The van der Waals surface area contributed by atoms with Gasteiger partial charge in [0.15, 0.2) is 0 Å². The first-order chi connectivity index (χ1) is 11.4. The highest BCUT2D eigenvalue weighted by atomic mass is 31.2. The van der Waals surface area contributed by atoms with E-state index in [9.17, 15) is 9.36 Å². The highest BCUT2D eigenvalue weighted by Gasteiger charge is 2.45. The molecule has 2 heterocycles. The molecule has 126 valence electrons. The van der Waals surface area contributed by atoms with Gasteiger partial charge in [-0.3, -0.25) is 13.8 Å². The van der Waals surface area contributed by atoms with E-state index in [0.29, 0.717) is 16.8 Å². The van der Waals surface area contributed by atoms with Crippen molar-refractivity contribution >= 4 is 31.0 Å². The van der Waals surface area contributed by atoms with Crippen LogP contribution in [0.5, 0.6) is 0 Å². The van der Waals surface area contributed by atoms with Gasteiger partial charge in [0.1, 0.15) is 0 Å². The number of benzene rings is 1. The Morgan fingerprint density at radius 2 is 1.83 bits per heavy atom. The molecule has 0 saturated heterocycles. The summed E-state index contributed by atoms with van der Waals surface area (Å²) in [5.74, 6) is -0.408. The summed E-state index contributed by atoms with van der Waals surface area (Å²) >= 11 is 0. The van der Waals surface area contributed by atoms with Gasteiger partial charge in [-0.1, -0.05) is 18.2 Å². The standard InChI is InChI=1S/C17H19N2O4P/c1-11-9-12(2)18-15(11)10-14-13-7-5-6-8-16(13)19(17(14)20)24(21,22-3)23-4/h5-10,18H,1-4H3. The summed E-state index contributed by atoms with van der Waals surface area (Å²) in [5.41, 5.74) is 4.55. The molecule has 2 aromatic rings. The maximum atomic E-state index is 13.0. The zero-order valence-electron chi connectivity index (χ0n) is 14.0. The van der Waals surface area contributed by atoms with E-state index in [0.717, 1.165) is 21.6 Å². The zero-order chi connectivity index (χ0) is 17.5. The molecule has 7 heteroatoms. The number of para-hydroxylation sites is 1. The lowest BCUT2D eigenvalue weighted by Crippen LogP contribution is -2.24. The Hall–Kier alpha value is -2.14. The van der Waals surface area contributed by atoms with E-state index < -0.39 is 13.7 Å². The Morgan fingerprint density at radius 3 is 2.42 bits per heavy atom. The van der Waals surface area contributed by atoms with Gasteiger partial charge >= 0.3 is 7.75 Å². The summed E-state index contributed by atoms with van der Waals surface area (Å²) in [7, 11) is -1.20. The third-order valence-electron chi connectivity index (χ3n) is 4.03. The molecule has 1 amide bonds. The molecule has 0 radical (unpaired) electrons. The average molecular weight is 346 g/mol. The van der Waals surface area contributed by atoms with E-state index in [1.165, 1.54) is 14.2 Å². The van der Waals surface area contributed by atoms with Gasteiger partial charge in [-0.25, -0.2) is 9.24 Å². The van der Waals surface area contributed by atoms with Gasteiger partial charge < -0.3 is 4.98 Å². The normalized spacial score (nSPS) is 16.1. The maximum Gasteiger partial charge on any atom is 0.441 e. The minimum absolute atomic E-state index is 0.408. The quantitative estimate of drug-likeness (QED) is 0.673. The summed E-state index contributed by atoms with van der Waals surface area (Å²) in [4.78, 5) is 16.2. The van der Waals surface area contributed by atoms with Crippen molar-refractivity contribution in [2.75, 3.05) is 18.9 Å². The highest BCUT2D eigenvalue weighted by Crippen LogP contribution is 2.58. The Bertz CT molecular complexity index is 876. The first-order valence-electron chi connectivity index (χ1n) is 7.45. The number of H-pyrrole nitrogens is 1. The fourth-order valence-electron chi connectivity index (χ4n) is 2.89. The average Bonchev–Trinajstić information content (AvgIpc) is 3.04. The van der Waals surface area contributed by atoms with Crippen LogP contribution < -0.4 is 4.67 Å². The van der Waals surface area contributed by atoms with Gasteiger partial charge in [-0.15, -0.1) is 0 Å². The summed E-state index contributed by atoms with van der Waals surface area (Å²) in [5, 5.41) is 0. The lowest BCUT2D eigenvalue weighted by molar-refractivity contribution is -0.112. The lowest BCUT2D eigenvalue weighted by atomic mass is 10.1. The number of aryl methyl sites for hydroxylation is 2. The van der Waals surface area contributed by atoms with E-state index >= 15 is 0 Å². The number of hydrogen-bond acceptors (Lipinski definition) is 4. The number of carbonyl (C=O) groups excluding carboxylic acids is 1. The molecule has 0 saturated carbocycles. The first kappa shape index (κ1) is 16.7. The summed E-state index contributed by atoms with van der Waals surface area (Å²) in [6, 6.07) is 9.17. The van der Waals surface area contributed by atoms with Gasteiger partial charge in [-0.05, 0) is 37.6 Å². The number of carbonyl (C=O) groups is 1. The number of anilines is 1. The monoisotopic (exact) mass is 346 g/mol. The Morgan fingerprint density at radius 1 is 1.17 bits per heavy atom. The molecule has 0 spiro atoms. The largest absolute Gasteiger partial charge is 0.441 e. The molecule has 0 atom stereocenters. The number of hydrogen-bond donors (Lipinski definition) is 1. The van der Waals surface area contributed by atoms with E-state index in [4.69, 9.17) is 9.05 Å². The first-order valence-corrected chi connectivity index (χ1v) is 8.94. The molecule has 6 nitrogen and oxygen atoms in total. The smallest absolute Gasteiger partial charge is 0.359 e. The Kier molecular flexibility index (Phi) is 4.22. The van der Waals surface area contributed by atoms with Crippen molar-refractivity contribution in [3.8, 4) is 0 Å². The topological polar surface area (TPSA) is 71.6 Å². The number of fused-ring (bicyclic) bond motifs is 1. The number of amides is 1. The van der Waals surface area contributed by atoms with Crippen LogP contribution in [0.2, 0.25) is 0 Å².